The van der Waals surface area contributed by atoms with Gasteiger partial charge in [-0.3, -0.25) is 4.79 Å². The normalized spacial score (nSPS) is 10.9. The summed E-state index contributed by atoms with van der Waals surface area (Å²) in [4.78, 5) is 17.0. The van der Waals surface area contributed by atoms with Crippen LogP contribution in [-0.2, 0) is 0 Å². The standard InChI is InChI=1S/C18H14N4OS/c1-12-11-16(20-17(23)13-7-3-2-4-8-13)22(21-12)18-19-14-9-5-6-10-15(14)24-18/h2-11H,1H3,(H,20,23). The zero-order valence-electron chi connectivity index (χ0n) is 12.9. The molecule has 2 aromatic carbocycles. The lowest BCUT2D eigenvalue weighted by atomic mass is 10.2. The van der Waals surface area contributed by atoms with Crippen molar-refractivity contribution < 1.29 is 4.79 Å². The van der Waals surface area contributed by atoms with Gasteiger partial charge in [-0.05, 0) is 31.2 Å². The number of amides is 1. The van der Waals surface area contributed by atoms with Gasteiger partial charge in [0.1, 0.15) is 5.82 Å². The Kier molecular flexibility index (Phi) is 3.59. The predicted octanol–water partition coefficient (Wildman–Crippen LogP) is 4.04. The molecule has 6 heteroatoms. The fraction of sp³-hybridized carbons (Fsp3) is 0.0556. The number of para-hydroxylation sites is 1. The lowest BCUT2D eigenvalue weighted by molar-refractivity contribution is 0.102. The molecule has 0 radical (unpaired) electrons. The first-order valence-electron chi connectivity index (χ1n) is 7.50. The van der Waals surface area contributed by atoms with Crippen molar-refractivity contribution in [3.63, 3.8) is 0 Å². The highest BCUT2D eigenvalue weighted by Crippen LogP contribution is 2.27. The van der Waals surface area contributed by atoms with Crippen molar-refractivity contribution in [1.29, 1.82) is 0 Å². The van der Waals surface area contributed by atoms with Gasteiger partial charge in [0.25, 0.3) is 5.91 Å². The zero-order valence-corrected chi connectivity index (χ0v) is 13.7. The first-order chi connectivity index (χ1) is 11.7. The number of nitrogens with one attached hydrogen (secondary N) is 1. The molecule has 1 amide bonds. The molecule has 118 valence electrons. The third-order valence-corrected chi connectivity index (χ3v) is 4.58. The van der Waals surface area contributed by atoms with Gasteiger partial charge < -0.3 is 5.32 Å². The Balaban J connectivity index is 1.71. The van der Waals surface area contributed by atoms with Crippen LogP contribution in [0.3, 0.4) is 0 Å². The monoisotopic (exact) mass is 334 g/mol. The average Bonchev–Trinajstić information content (AvgIpc) is 3.18. The van der Waals surface area contributed by atoms with Gasteiger partial charge in [0, 0.05) is 11.6 Å². The van der Waals surface area contributed by atoms with Crippen LogP contribution in [0.2, 0.25) is 0 Å². The summed E-state index contributed by atoms with van der Waals surface area (Å²) in [6.07, 6.45) is 0. The number of aryl methyl sites for hydroxylation is 1. The molecule has 0 atom stereocenters. The summed E-state index contributed by atoms with van der Waals surface area (Å²) in [5, 5.41) is 8.12. The van der Waals surface area contributed by atoms with Crippen LogP contribution in [-0.4, -0.2) is 20.7 Å². The molecule has 0 unspecified atom stereocenters. The van der Waals surface area contributed by atoms with Gasteiger partial charge in [0.05, 0.1) is 15.9 Å². The van der Waals surface area contributed by atoms with Crippen LogP contribution in [0.1, 0.15) is 16.1 Å². The Bertz CT molecular complexity index is 987. The lowest BCUT2D eigenvalue weighted by Crippen LogP contribution is -2.14. The van der Waals surface area contributed by atoms with Gasteiger partial charge in [0.2, 0.25) is 5.13 Å². The van der Waals surface area contributed by atoms with Crippen molar-refractivity contribution >= 4 is 33.3 Å². The van der Waals surface area contributed by atoms with E-state index in [0.717, 1.165) is 21.0 Å². The molecule has 1 N–H and O–H groups in total. The van der Waals surface area contributed by atoms with E-state index in [0.29, 0.717) is 11.4 Å². The molecule has 4 aromatic rings. The SMILES string of the molecule is Cc1cc(NC(=O)c2ccccc2)n(-c2nc3ccccc3s2)n1. The second-order valence-corrected chi connectivity index (χ2v) is 6.38. The van der Waals surface area contributed by atoms with E-state index in [1.54, 1.807) is 16.8 Å². The third-order valence-electron chi connectivity index (χ3n) is 3.57. The van der Waals surface area contributed by atoms with Crippen molar-refractivity contribution in [3.8, 4) is 5.13 Å². The smallest absolute Gasteiger partial charge is 0.256 e. The third kappa shape index (κ3) is 2.68. The number of hydrogen-bond acceptors (Lipinski definition) is 4. The van der Waals surface area contributed by atoms with Crippen LogP contribution in [0.25, 0.3) is 15.3 Å². The van der Waals surface area contributed by atoms with Crippen molar-refractivity contribution in [3.05, 3.63) is 71.9 Å². The summed E-state index contributed by atoms with van der Waals surface area (Å²) in [7, 11) is 0. The number of benzene rings is 2. The number of anilines is 1. The van der Waals surface area contributed by atoms with E-state index in [9.17, 15) is 4.79 Å². The number of thiazole rings is 1. The Hall–Kier alpha value is -2.99. The first-order valence-corrected chi connectivity index (χ1v) is 8.31. The Labute approximate surface area is 142 Å². The molecular formula is C18H14N4OS. The Morgan fingerprint density at radius 3 is 2.62 bits per heavy atom. The van der Waals surface area contributed by atoms with Crippen molar-refractivity contribution in [2.75, 3.05) is 5.32 Å². The van der Waals surface area contributed by atoms with Crippen molar-refractivity contribution in [2.45, 2.75) is 6.92 Å². The molecule has 2 heterocycles. The summed E-state index contributed by atoms with van der Waals surface area (Å²) >= 11 is 1.54. The molecule has 0 aliphatic rings. The number of aromatic nitrogens is 3. The summed E-state index contributed by atoms with van der Waals surface area (Å²) in [6.45, 7) is 1.89. The van der Waals surface area contributed by atoms with Gasteiger partial charge in [-0.2, -0.15) is 9.78 Å². The molecular weight excluding hydrogens is 320 g/mol. The van der Waals surface area contributed by atoms with E-state index in [1.165, 1.54) is 11.3 Å². The molecule has 0 spiro atoms. The van der Waals surface area contributed by atoms with Gasteiger partial charge in [-0.25, -0.2) is 4.98 Å². The molecule has 5 nitrogen and oxygen atoms in total. The maximum Gasteiger partial charge on any atom is 0.256 e. The highest BCUT2D eigenvalue weighted by molar-refractivity contribution is 7.20. The van der Waals surface area contributed by atoms with E-state index in [4.69, 9.17) is 0 Å². The lowest BCUT2D eigenvalue weighted by Gasteiger charge is -2.06. The second-order valence-electron chi connectivity index (χ2n) is 5.37. The number of fused-ring (bicyclic) bond motifs is 1. The van der Waals surface area contributed by atoms with Gasteiger partial charge in [-0.15, -0.1) is 0 Å². The van der Waals surface area contributed by atoms with E-state index in [-0.39, 0.29) is 5.91 Å². The quantitative estimate of drug-likeness (QED) is 0.615. The minimum atomic E-state index is -0.169. The minimum Gasteiger partial charge on any atom is -0.306 e. The Morgan fingerprint density at radius 2 is 1.83 bits per heavy atom. The van der Waals surface area contributed by atoms with E-state index in [2.05, 4.69) is 15.4 Å². The van der Waals surface area contributed by atoms with Gasteiger partial charge in [0.15, 0.2) is 0 Å². The van der Waals surface area contributed by atoms with E-state index < -0.39 is 0 Å². The molecule has 0 saturated carbocycles. The number of carbonyl (C=O) groups excluding carboxylic acids is 1. The molecule has 0 saturated heterocycles. The highest BCUT2D eigenvalue weighted by atomic mass is 32.1. The molecule has 0 aliphatic heterocycles. The van der Waals surface area contributed by atoms with Gasteiger partial charge in [-0.1, -0.05) is 41.7 Å². The fourth-order valence-corrected chi connectivity index (χ4v) is 3.39. The van der Waals surface area contributed by atoms with Crippen LogP contribution < -0.4 is 5.32 Å². The van der Waals surface area contributed by atoms with Crippen molar-refractivity contribution in [1.82, 2.24) is 14.8 Å². The molecule has 2 aromatic heterocycles. The van der Waals surface area contributed by atoms with Gasteiger partial charge >= 0.3 is 0 Å². The maximum atomic E-state index is 12.4. The maximum absolute atomic E-state index is 12.4. The predicted molar refractivity (Wildman–Crippen MR) is 95.9 cm³/mol. The van der Waals surface area contributed by atoms with E-state index in [1.807, 2.05) is 55.5 Å². The molecule has 4 rings (SSSR count). The minimum absolute atomic E-state index is 0.169. The summed E-state index contributed by atoms with van der Waals surface area (Å²) in [5.41, 5.74) is 2.34. The number of hydrogen-bond donors (Lipinski definition) is 1. The zero-order chi connectivity index (χ0) is 16.5. The molecule has 0 aliphatic carbocycles. The first kappa shape index (κ1) is 14.6. The summed E-state index contributed by atoms with van der Waals surface area (Å²) in [5.74, 6) is 0.443. The number of carbonyl (C=O) groups is 1. The van der Waals surface area contributed by atoms with Crippen molar-refractivity contribution in [2.24, 2.45) is 0 Å². The average molecular weight is 334 g/mol. The van der Waals surface area contributed by atoms with Crippen LogP contribution in [0, 0.1) is 6.92 Å². The van der Waals surface area contributed by atoms with Crippen LogP contribution in [0.4, 0.5) is 5.82 Å². The van der Waals surface area contributed by atoms with Crippen LogP contribution >= 0.6 is 11.3 Å². The molecule has 24 heavy (non-hydrogen) atoms. The summed E-state index contributed by atoms with van der Waals surface area (Å²) < 4.78 is 2.77. The molecule has 0 bridgehead atoms. The Morgan fingerprint density at radius 1 is 1.08 bits per heavy atom. The number of nitrogens with zero attached hydrogens (tertiary/aromatic N) is 3. The number of rotatable bonds is 3. The second kappa shape index (κ2) is 5.90. The highest BCUT2D eigenvalue weighted by Gasteiger charge is 2.15. The topological polar surface area (TPSA) is 59.8 Å². The summed E-state index contributed by atoms with van der Waals surface area (Å²) in [6, 6.07) is 18.9. The van der Waals surface area contributed by atoms with E-state index >= 15 is 0 Å². The van der Waals surface area contributed by atoms with Crippen LogP contribution in [0.5, 0.6) is 0 Å². The fourth-order valence-electron chi connectivity index (χ4n) is 2.46. The molecule has 0 fully saturated rings. The largest absolute Gasteiger partial charge is 0.306 e. The van der Waals surface area contributed by atoms with Crippen LogP contribution in [0.15, 0.2) is 60.7 Å².